The Kier molecular flexibility index (Phi) is 4.52. The quantitative estimate of drug-likeness (QED) is 0.547. The van der Waals surface area contributed by atoms with Crippen molar-refractivity contribution >= 4 is 33.4 Å². The van der Waals surface area contributed by atoms with Gasteiger partial charge in [-0.1, -0.05) is 30.3 Å². The highest BCUT2D eigenvalue weighted by Gasteiger charge is 2.41. The first-order valence-corrected chi connectivity index (χ1v) is 8.43. The molecule has 0 aliphatic heterocycles. The molecule has 0 saturated heterocycles. The van der Waals surface area contributed by atoms with Gasteiger partial charge < -0.3 is 4.74 Å². The van der Waals surface area contributed by atoms with Crippen LogP contribution in [0.2, 0.25) is 0 Å². The molecule has 1 nitrogen and oxygen atoms in total. The third-order valence-corrected chi connectivity index (χ3v) is 5.37. The Morgan fingerprint density at radius 3 is 2.32 bits per heavy atom. The first kappa shape index (κ1) is 15.9. The lowest BCUT2D eigenvalue weighted by Crippen LogP contribution is -2.32. The van der Waals surface area contributed by atoms with Gasteiger partial charge in [-0.15, -0.1) is 0 Å². The molecule has 0 N–H and O–H groups in total. The summed E-state index contributed by atoms with van der Waals surface area (Å²) in [6.45, 7) is 0. The van der Waals surface area contributed by atoms with Gasteiger partial charge in [0.15, 0.2) is 0 Å². The van der Waals surface area contributed by atoms with Crippen molar-refractivity contribution in [2.75, 3.05) is 0 Å². The lowest BCUT2D eigenvalue weighted by atomic mass is 9.87. The van der Waals surface area contributed by atoms with Crippen LogP contribution < -0.4 is 4.74 Å². The topological polar surface area (TPSA) is 9.23 Å². The summed E-state index contributed by atoms with van der Waals surface area (Å²) in [5.41, 5.74) is 0. The molecule has 118 valence electrons. The number of alkyl halides is 3. The molecule has 22 heavy (non-hydrogen) atoms. The molecule has 2 aromatic carbocycles. The van der Waals surface area contributed by atoms with Crippen molar-refractivity contribution in [3.8, 4) is 5.75 Å². The normalized spacial score (nSPS) is 22.7. The summed E-state index contributed by atoms with van der Waals surface area (Å²) >= 11 is 2.25. The number of halogens is 4. The zero-order chi connectivity index (χ0) is 15.7. The van der Waals surface area contributed by atoms with Crippen molar-refractivity contribution < 1.29 is 17.9 Å². The van der Waals surface area contributed by atoms with Crippen LogP contribution in [0.1, 0.15) is 25.7 Å². The summed E-state index contributed by atoms with van der Waals surface area (Å²) in [5, 5.41) is 2.25. The fraction of sp³-hybridized carbons (Fsp3) is 0.412. The highest BCUT2D eigenvalue weighted by Crippen LogP contribution is 2.39. The molecule has 3 rings (SSSR count). The molecule has 0 unspecified atom stereocenters. The molecule has 0 aromatic heterocycles. The second-order valence-corrected chi connectivity index (χ2v) is 6.81. The summed E-state index contributed by atoms with van der Waals surface area (Å²) in [5.74, 6) is -0.391. The minimum absolute atomic E-state index is 0.117. The molecule has 1 aliphatic carbocycles. The summed E-state index contributed by atoms with van der Waals surface area (Å²) < 4.78 is 45.1. The number of rotatable bonds is 2. The van der Waals surface area contributed by atoms with E-state index in [1.54, 1.807) is 0 Å². The van der Waals surface area contributed by atoms with Gasteiger partial charge in [0, 0.05) is 0 Å². The van der Waals surface area contributed by atoms with E-state index in [9.17, 15) is 13.2 Å². The Morgan fingerprint density at radius 1 is 0.955 bits per heavy atom. The lowest BCUT2D eigenvalue weighted by molar-refractivity contribution is -0.185. The van der Waals surface area contributed by atoms with Crippen molar-refractivity contribution in [3.05, 3.63) is 40.0 Å². The van der Waals surface area contributed by atoms with Crippen LogP contribution in [-0.2, 0) is 0 Å². The molecule has 0 radical (unpaired) electrons. The van der Waals surface area contributed by atoms with E-state index in [1.165, 1.54) is 0 Å². The zero-order valence-corrected chi connectivity index (χ0v) is 14.0. The summed E-state index contributed by atoms with van der Waals surface area (Å²) in [4.78, 5) is 0. The van der Waals surface area contributed by atoms with E-state index in [2.05, 4.69) is 22.6 Å². The van der Waals surface area contributed by atoms with Crippen LogP contribution in [0, 0.1) is 9.49 Å². The van der Waals surface area contributed by atoms with Crippen LogP contribution in [0.25, 0.3) is 10.8 Å². The summed E-state index contributed by atoms with van der Waals surface area (Å²) in [6.07, 6.45) is -2.92. The highest BCUT2D eigenvalue weighted by atomic mass is 127. The molecular formula is C17H16F3IO. The van der Waals surface area contributed by atoms with Gasteiger partial charge in [0.05, 0.1) is 15.6 Å². The predicted octanol–water partition coefficient (Wildman–Crippen LogP) is 5.94. The third kappa shape index (κ3) is 3.34. The van der Waals surface area contributed by atoms with E-state index in [4.69, 9.17) is 4.74 Å². The number of fused-ring (bicyclic) bond motifs is 1. The van der Waals surface area contributed by atoms with Crippen LogP contribution in [0.4, 0.5) is 13.2 Å². The molecule has 0 spiro atoms. The van der Waals surface area contributed by atoms with Crippen LogP contribution in [0.3, 0.4) is 0 Å². The second-order valence-electron chi connectivity index (χ2n) is 5.73. The van der Waals surface area contributed by atoms with Gasteiger partial charge in [-0.25, -0.2) is 0 Å². The average molecular weight is 420 g/mol. The molecule has 0 atom stereocenters. The van der Waals surface area contributed by atoms with Gasteiger partial charge in [0.25, 0.3) is 0 Å². The van der Waals surface area contributed by atoms with Crippen LogP contribution in [-0.4, -0.2) is 12.3 Å². The van der Waals surface area contributed by atoms with Crippen molar-refractivity contribution in [3.63, 3.8) is 0 Å². The molecule has 1 fully saturated rings. The second kappa shape index (κ2) is 6.26. The molecule has 1 aliphatic rings. The predicted molar refractivity (Wildman–Crippen MR) is 89.1 cm³/mol. The third-order valence-electron chi connectivity index (χ3n) is 4.26. The van der Waals surface area contributed by atoms with E-state index in [0.717, 1.165) is 20.1 Å². The monoisotopic (exact) mass is 420 g/mol. The van der Waals surface area contributed by atoms with Gasteiger partial charge in [-0.2, -0.15) is 13.2 Å². The highest BCUT2D eigenvalue weighted by molar-refractivity contribution is 14.1. The van der Waals surface area contributed by atoms with Crippen LogP contribution in [0.5, 0.6) is 5.75 Å². The molecule has 2 aromatic rings. The largest absolute Gasteiger partial charge is 0.489 e. The SMILES string of the molecule is FC(F)(F)C1CCC(Oc2ccc3ccccc3c2I)CC1. The van der Waals surface area contributed by atoms with E-state index >= 15 is 0 Å². The van der Waals surface area contributed by atoms with Gasteiger partial charge in [-0.05, 0) is 65.1 Å². The van der Waals surface area contributed by atoms with E-state index in [0.29, 0.717) is 12.8 Å². The van der Waals surface area contributed by atoms with Crippen molar-refractivity contribution in [2.24, 2.45) is 5.92 Å². The van der Waals surface area contributed by atoms with Crippen LogP contribution >= 0.6 is 22.6 Å². The number of ether oxygens (including phenoxy) is 1. The molecule has 0 bridgehead atoms. The Bertz CT molecular complexity index is 660. The lowest BCUT2D eigenvalue weighted by Gasteiger charge is -2.30. The molecule has 0 heterocycles. The van der Waals surface area contributed by atoms with E-state index < -0.39 is 12.1 Å². The average Bonchev–Trinajstić information content (AvgIpc) is 2.50. The van der Waals surface area contributed by atoms with Gasteiger partial charge in [0.1, 0.15) is 5.75 Å². The molecule has 1 saturated carbocycles. The minimum Gasteiger partial charge on any atom is -0.489 e. The smallest absolute Gasteiger partial charge is 0.391 e. The zero-order valence-electron chi connectivity index (χ0n) is 11.9. The van der Waals surface area contributed by atoms with Gasteiger partial charge in [0.2, 0.25) is 0 Å². The molecule has 5 heteroatoms. The Morgan fingerprint density at radius 2 is 1.64 bits per heavy atom. The Balaban J connectivity index is 1.71. The molecular weight excluding hydrogens is 404 g/mol. The fourth-order valence-corrected chi connectivity index (χ4v) is 3.79. The first-order chi connectivity index (χ1) is 10.4. The van der Waals surface area contributed by atoms with Gasteiger partial charge >= 0.3 is 6.18 Å². The maximum atomic E-state index is 12.7. The number of benzene rings is 2. The van der Waals surface area contributed by atoms with E-state index in [1.807, 2.05) is 36.4 Å². The summed E-state index contributed by atoms with van der Waals surface area (Å²) in [6, 6.07) is 11.9. The molecule has 0 amide bonds. The number of hydrogen-bond acceptors (Lipinski definition) is 1. The van der Waals surface area contributed by atoms with Crippen molar-refractivity contribution in [1.82, 2.24) is 0 Å². The van der Waals surface area contributed by atoms with Crippen molar-refractivity contribution in [1.29, 1.82) is 0 Å². The fourth-order valence-electron chi connectivity index (χ4n) is 2.99. The van der Waals surface area contributed by atoms with Crippen molar-refractivity contribution in [2.45, 2.75) is 38.0 Å². The maximum Gasteiger partial charge on any atom is 0.391 e. The number of hydrogen-bond donors (Lipinski definition) is 0. The standard InChI is InChI=1S/C17H16F3IO/c18-17(19,20)12-6-8-13(9-7-12)22-15-10-5-11-3-1-2-4-14(11)16(15)21/h1-5,10,12-13H,6-9H2. The minimum atomic E-state index is -4.07. The first-order valence-electron chi connectivity index (χ1n) is 7.36. The Labute approximate surface area is 141 Å². The van der Waals surface area contributed by atoms with E-state index in [-0.39, 0.29) is 18.9 Å². The summed E-state index contributed by atoms with van der Waals surface area (Å²) in [7, 11) is 0. The maximum absolute atomic E-state index is 12.7. The Hall–Kier alpha value is -0.980. The van der Waals surface area contributed by atoms with Gasteiger partial charge in [-0.3, -0.25) is 0 Å². The van der Waals surface area contributed by atoms with Crippen LogP contribution in [0.15, 0.2) is 36.4 Å².